The Labute approximate surface area is 332 Å². The Morgan fingerprint density at radius 1 is 0.463 bits per heavy atom. The van der Waals surface area contributed by atoms with E-state index in [0.29, 0.717) is 25.7 Å². The highest BCUT2D eigenvalue weighted by atomic mass is 16.6. The Morgan fingerprint density at radius 2 is 0.741 bits per heavy atom. The number of carbonyl (C=O) groups is 4. The Balaban J connectivity index is -0.000000140. The Kier molecular flexibility index (Phi) is 74.0. The molecule has 0 saturated heterocycles. The van der Waals surface area contributed by atoms with Crippen LogP contribution in [0.1, 0.15) is 212 Å². The lowest BCUT2D eigenvalue weighted by Gasteiger charge is -2.18. The Hall–Kier alpha value is -2.28. The van der Waals surface area contributed by atoms with Gasteiger partial charge in [-0.3, -0.25) is 19.2 Å². The van der Waals surface area contributed by atoms with Gasteiger partial charge in [-0.05, 0) is 25.7 Å². The van der Waals surface area contributed by atoms with Crippen LogP contribution in [-0.2, 0) is 33.4 Å². The van der Waals surface area contributed by atoms with Crippen molar-refractivity contribution < 1.29 is 59.3 Å². The number of aliphatic carboxylic acids is 1. The van der Waals surface area contributed by atoms with E-state index in [9.17, 15) is 19.2 Å². The summed E-state index contributed by atoms with van der Waals surface area (Å²) in [5.74, 6) is -1.59. The lowest BCUT2D eigenvalue weighted by atomic mass is 10.1. The number of hydrogen-bond donors (Lipinski definition) is 4. The molecule has 0 aromatic rings. The van der Waals surface area contributed by atoms with Gasteiger partial charge in [-0.1, -0.05) is 160 Å². The number of carbonyl (C=O) groups excluding carboxylic acids is 3. The molecule has 0 heterocycles. The van der Waals surface area contributed by atoms with Crippen molar-refractivity contribution >= 4 is 23.9 Å². The van der Waals surface area contributed by atoms with Crippen molar-refractivity contribution in [2.45, 2.75) is 224 Å². The van der Waals surface area contributed by atoms with Gasteiger partial charge in [0.15, 0.2) is 6.10 Å². The van der Waals surface area contributed by atoms with E-state index in [-0.39, 0.29) is 79.5 Å². The van der Waals surface area contributed by atoms with Gasteiger partial charge in [0, 0.05) is 25.7 Å². The van der Waals surface area contributed by atoms with Crippen LogP contribution < -0.4 is 0 Å². The maximum Gasteiger partial charge on any atom is 0.306 e. The van der Waals surface area contributed by atoms with Crippen LogP contribution in [0.5, 0.6) is 0 Å². The fourth-order valence-electron chi connectivity index (χ4n) is 4.43. The van der Waals surface area contributed by atoms with Gasteiger partial charge in [0.2, 0.25) is 0 Å². The van der Waals surface area contributed by atoms with Gasteiger partial charge in [0.1, 0.15) is 19.3 Å². The van der Waals surface area contributed by atoms with E-state index in [4.69, 9.17) is 34.6 Å². The zero-order valence-electron chi connectivity index (χ0n) is 32.1. The van der Waals surface area contributed by atoms with E-state index in [2.05, 4.69) is 27.7 Å². The highest BCUT2D eigenvalue weighted by Gasteiger charge is 2.19. The first-order chi connectivity index (χ1) is 23.6. The molecule has 0 atom stereocenters. The molecule has 54 heavy (non-hydrogen) atoms. The molecule has 0 saturated carbocycles. The topological polar surface area (TPSA) is 208 Å². The second kappa shape index (κ2) is 57.4. The Morgan fingerprint density at radius 3 is 1.00 bits per heavy atom. The predicted molar refractivity (Wildman–Crippen MR) is 224 cm³/mol. The van der Waals surface area contributed by atoms with Gasteiger partial charge >= 0.3 is 23.9 Å². The number of rotatable bonds is 31. The van der Waals surface area contributed by atoms with Gasteiger partial charge in [0.05, 0.1) is 13.2 Å². The molecule has 0 aliphatic heterocycles. The van der Waals surface area contributed by atoms with Crippen LogP contribution in [-0.4, -0.2) is 88.4 Å². The highest BCUT2D eigenvalue weighted by molar-refractivity contribution is 5.71. The molecule has 0 fully saturated rings. The molecule has 12 heteroatoms. The summed E-state index contributed by atoms with van der Waals surface area (Å²) in [6, 6.07) is 0. The Bertz CT molecular complexity index is 715. The van der Waals surface area contributed by atoms with Gasteiger partial charge in [-0.2, -0.15) is 0 Å². The van der Waals surface area contributed by atoms with E-state index in [1.54, 1.807) is 0 Å². The van der Waals surface area contributed by atoms with Crippen molar-refractivity contribution in [3.63, 3.8) is 0 Å². The van der Waals surface area contributed by atoms with Crippen molar-refractivity contribution in [1.29, 1.82) is 0 Å². The zero-order chi connectivity index (χ0) is 37.4. The summed E-state index contributed by atoms with van der Waals surface area (Å²) in [5.41, 5.74) is 0. The molecule has 0 unspecified atom stereocenters. The first kappa shape index (κ1) is 69.6. The normalized spacial score (nSPS) is 9.57. The smallest absolute Gasteiger partial charge is 0.306 e. The predicted octanol–water partition coefficient (Wildman–Crippen LogP) is 9.55. The van der Waals surface area contributed by atoms with E-state index in [0.717, 1.165) is 89.9 Å². The fraction of sp³-hybridized carbons (Fsp3) is 0.905. The number of carboxylic acid groups (broad SMARTS) is 1. The van der Waals surface area contributed by atoms with Crippen LogP contribution in [0.2, 0.25) is 0 Å². The summed E-state index contributed by atoms with van der Waals surface area (Å²) in [6.07, 6.45) is 21.0. The van der Waals surface area contributed by atoms with Crippen LogP contribution in [0.3, 0.4) is 0 Å². The summed E-state index contributed by atoms with van der Waals surface area (Å²) >= 11 is 0. The van der Waals surface area contributed by atoms with Crippen LogP contribution in [0, 0.1) is 0 Å². The van der Waals surface area contributed by atoms with E-state index in [1.165, 1.54) is 38.5 Å². The number of unbranched alkanes of at least 4 members (excludes halogenated alkanes) is 16. The highest BCUT2D eigenvalue weighted by Crippen LogP contribution is 2.11. The van der Waals surface area contributed by atoms with Crippen molar-refractivity contribution in [2.75, 3.05) is 26.4 Å². The number of esters is 3. The van der Waals surface area contributed by atoms with Crippen molar-refractivity contribution in [2.24, 2.45) is 0 Å². The maximum atomic E-state index is 12.2. The minimum atomic E-state index is -0.954. The number of ether oxygens (including phenoxy) is 3. The summed E-state index contributed by atoms with van der Waals surface area (Å²) < 4.78 is 16.1. The molecule has 0 bridgehead atoms. The molecule has 0 radical (unpaired) electrons. The van der Waals surface area contributed by atoms with Crippen molar-refractivity contribution in [3.8, 4) is 0 Å². The molecule has 0 aromatic carbocycles. The first-order valence-corrected chi connectivity index (χ1v) is 19.2. The van der Waals surface area contributed by atoms with Crippen LogP contribution in [0.15, 0.2) is 0 Å². The summed E-state index contributed by atoms with van der Waals surface area (Å²) in [6.45, 7) is 7.74. The molecule has 12 nitrogen and oxygen atoms in total. The minimum Gasteiger partial charge on any atom is -0.481 e. The second-order valence-corrected chi connectivity index (χ2v) is 12.5. The van der Waals surface area contributed by atoms with Crippen molar-refractivity contribution in [1.82, 2.24) is 0 Å². The molecule has 332 valence electrons. The zero-order valence-corrected chi connectivity index (χ0v) is 32.1. The third-order valence-corrected chi connectivity index (χ3v) is 7.53. The SMILES string of the molecule is C.C.C.C.CCCCCCCC(=O)O.CCCCCCCC(=O)OCC(COC(=O)CCCCCCC)OC(=O)CCCCCCC.O.OCC(O)CO. The van der Waals surface area contributed by atoms with Crippen LogP contribution in [0.25, 0.3) is 0 Å². The first-order valence-electron chi connectivity index (χ1n) is 19.2. The van der Waals surface area contributed by atoms with Crippen LogP contribution >= 0.6 is 0 Å². The van der Waals surface area contributed by atoms with Gasteiger partial charge in [-0.25, -0.2) is 0 Å². The largest absolute Gasteiger partial charge is 0.481 e. The monoisotopic (exact) mass is 789 g/mol. The second-order valence-electron chi connectivity index (χ2n) is 12.5. The summed E-state index contributed by atoms with van der Waals surface area (Å²) in [5, 5.41) is 32.3. The number of aliphatic hydroxyl groups excluding tert-OH is 3. The molecule has 0 rings (SSSR count). The molecule has 0 aliphatic rings. The third kappa shape index (κ3) is 61.7. The van der Waals surface area contributed by atoms with E-state index in [1.807, 2.05) is 0 Å². The molecule has 6 N–H and O–H groups in total. The average molecular weight is 789 g/mol. The van der Waals surface area contributed by atoms with Crippen molar-refractivity contribution in [3.05, 3.63) is 0 Å². The average Bonchev–Trinajstić information content (AvgIpc) is 3.09. The van der Waals surface area contributed by atoms with Gasteiger partial charge < -0.3 is 40.1 Å². The van der Waals surface area contributed by atoms with Crippen LogP contribution in [0.4, 0.5) is 0 Å². The summed E-state index contributed by atoms with van der Waals surface area (Å²) in [7, 11) is 0. The maximum absolute atomic E-state index is 12.2. The molecular weight excluding hydrogens is 696 g/mol. The molecule has 0 aliphatic carbocycles. The quantitative estimate of drug-likeness (QED) is 0.0295. The summed E-state index contributed by atoms with van der Waals surface area (Å²) in [4.78, 5) is 46.3. The fourth-order valence-corrected chi connectivity index (χ4v) is 4.43. The lowest BCUT2D eigenvalue weighted by molar-refractivity contribution is -0.167. The molecular formula is C42H92O12. The molecule has 0 spiro atoms. The minimum absolute atomic E-state index is 0. The van der Waals surface area contributed by atoms with E-state index >= 15 is 0 Å². The molecule has 0 aromatic heterocycles. The standard InChI is InChI=1S/C27H50O6.C8H16O2.C3H8O3.4CH4.H2O/c1-4-7-10-13-16-19-25(28)31-22-24(33-27(30)21-18-15-12-9-6-3)23-32-26(29)20-17-14-11-8-5-2;1-2-3-4-5-6-7-8(9)10;4-1-3(6)2-5;;;;;/h24H,4-23H2,1-3H3;2-7H2,1H3,(H,9,10);3-6H,1-2H2;4*1H4;1H2. The number of hydrogen-bond acceptors (Lipinski definition) is 10. The van der Waals surface area contributed by atoms with E-state index < -0.39 is 18.2 Å². The number of carboxylic acids is 1. The third-order valence-electron chi connectivity index (χ3n) is 7.53. The number of aliphatic hydroxyl groups is 3. The lowest BCUT2D eigenvalue weighted by Crippen LogP contribution is -2.30. The van der Waals surface area contributed by atoms with Gasteiger partial charge in [0.25, 0.3) is 0 Å². The van der Waals surface area contributed by atoms with Gasteiger partial charge in [-0.15, -0.1) is 0 Å². The molecule has 0 amide bonds.